The molecule has 0 saturated carbocycles. The Balaban J connectivity index is 1.79. The molecule has 1 atom stereocenters. The second kappa shape index (κ2) is 9.77. The van der Waals surface area contributed by atoms with Crippen LogP contribution in [-0.2, 0) is 20.9 Å². The van der Waals surface area contributed by atoms with Crippen LogP contribution in [0, 0.1) is 0 Å². The summed E-state index contributed by atoms with van der Waals surface area (Å²) in [7, 11) is 1.60. The Hall–Kier alpha value is -2.60. The lowest BCUT2D eigenvalue weighted by Gasteiger charge is -2.12. The van der Waals surface area contributed by atoms with Gasteiger partial charge in [-0.1, -0.05) is 40.2 Å². The van der Waals surface area contributed by atoms with Gasteiger partial charge in [0, 0.05) is 17.1 Å². The maximum absolute atomic E-state index is 12.0. The van der Waals surface area contributed by atoms with Crippen molar-refractivity contribution in [3.05, 3.63) is 70.2 Å². The van der Waals surface area contributed by atoms with Crippen molar-refractivity contribution in [3.8, 4) is 5.75 Å². The summed E-state index contributed by atoms with van der Waals surface area (Å²) >= 11 is 3.35. The Morgan fingerprint density at radius 3 is 2.38 bits per heavy atom. The first kappa shape index (κ1) is 19.7. The lowest BCUT2D eigenvalue weighted by atomic mass is 10.2. The molecular weight excluding hydrogens is 398 g/mol. The zero-order valence-corrected chi connectivity index (χ0v) is 16.2. The highest BCUT2D eigenvalue weighted by Crippen LogP contribution is 2.12. The van der Waals surface area contributed by atoms with Crippen LogP contribution in [0.3, 0.4) is 0 Å². The third kappa shape index (κ3) is 6.37. The van der Waals surface area contributed by atoms with Gasteiger partial charge in [0.05, 0.1) is 7.11 Å². The number of carbonyl (C=O) groups is 2. The minimum Gasteiger partial charge on any atom is -0.497 e. The summed E-state index contributed by atoms with van der Waals surface area (Å²) in [5.74, 6) is -0.175. The normalized spacial score (nSPS) is 11.8. The van der Waals surface area contributed by atoms with Gasteiger partial charge in [-0.05, 0) is 48.4 Å². The van der Waals surface area contributed by atoms with Gasteiger partial charge in [0.1, 0.15) is 5.75 Å². The third-order valence-electron chi connectivity index (χ3n) is 3.57. The van der Waals surface area contributed by atoms with E-state index in [-0.39, 0.29) is 5.91 Å². The molecule has 2 aromatic carbocycles. The van der Waals surface area contributed by atoms with Crippen LogP contribution in [0.1, 0.15) is 18.1 Å². The predicted molar refractivity (Wildman–Crippen MR) is 104 cm³/mol. The standard InChI is InChI=1S/C20H20BrNO4/c1-14(20(24)22-13-16-5-10-18(25-2)11-6-16)26-19(23)12-7-15-3-8-17(21)9-4-15/h3-12,14H,13H2,1-2H3,(H,22,24)/b12-7+/t14-/m1/s1. The summed E-state index contributed by atoms with van der Waals surface area (Å²) in [6, 6.07) is 14.8. The molecule has 1 amide bonds. The Morgan fingerprint density at radius 1 is 1.12 bits per heavy atom. The number of rotatable bonds is 7. The number of nitrogens with one attached hydrogen (secondary N) is 1. The zero-order chi connectivity index (χ0) is 18.9. The van der Waals surface area contributed by atoms with Crippen LogP contribution in [0.4, 0.5) is 0 Å². The molecule has 0 unspecified atom stereocenters. The first-order valence-electron chi connectivity index (χ1n) is 8.03. The Morgan fingerprint density at radius 2 is 1.77 bits per heavy atom. The summed E-state index contributed by atoms with van der Waals surface area (Å²) in [6.45, 7) is 1.88. The lowest BCUT2D eigenvalue weighted by Crippen LogP contribution is -2.35. The van der Waals surface area contributed by atoms with Crippen LogP contribution in [0.15, 0.2) is 59.1 Å². The van der Waals surface area contributed by atoms with Crippen molar-refractivity contribution in [1.82, 2.24) is 5.32 Å². The van der Waals surface area contributed by atoms with Gasteiger partial charge in [-0.15, -0.1) is 0 Å². The van der Waals surface area contributed by atoms with E-state index in [1.165, 1.54) is 13.0 Å². The number of hydrogen-bond donors (Lipinski definition) is 1. The van der Waals surface area contributed by atoms with E-state index in [9.17, 15) is 9.59 Å². The number of benzene rings is 2. The molecule has 5 nitrogen and oxygen atoms in total. The van der Waals surface area contributed by atoms with E-state index in [1.807, 2.05) is 48.5 Å². The largest absolute Gasteiger partial charge is 0.497 e. The van der Waals surface area contributed by atoms with Crippen molar-refractivity contribution < 1.29 is 19.1 Å². The number of ether oxygens (including phenoxy) is 2. The molecule has 0 saturated heterocycles. The van der Waals surface area contributed by atoms with Crippen LogP contribution in [0.25, 0.3) is 6.08 Å². The number of amides is 1. The maximum Gasteiger partial charge on any atom is 0.331 e. The van der Waals surface area contributed by atoms with Crippen LogP contribution in [0.2, 0.25) is 0 Å². The van der Waals surface area contributed by atoms with E-state index < -0.39 is 12.1 Å². The van der Waals surface area contributed by atoms with Gasteiger partial charge in [0.25, 0.3) is 5.91 Å². The average molecular weight is 418 g/mol. The molecule has 0 bridgehead atoms. The van der Waals surface area contributed by atoms with E-state index in [4.69, 9.17) is 9.47 Å². The molecule has 0 aliphatic rings. The van der Waals surface area contributed by atoms with Gasteiger partial charge in [-0.25, -0.2) is 4.79 Å². The molecule has 0 radical (unpaired) electrons. The lowest BCUT2D eigenvalue weighted by molar-refractivity contribution is -0.150. The van der Waals surface area contributed by atoms with Crippen LogP contribution in [-0.4, -0.2) is 25.1 Å². The van der Waals surface area contributed by atoms with E-state index in [1.54, 1.807) is 13.2 Å². The van der Waals surface area contributed by atoms with Gasteiger partial charge in [0.15, 0.2) is 6.10 Å². The Bertz CT molecular complexity index is 769. The highest BCUT2D eigenvalue weighted by Gasteiger charge is 2.16. The molecule has 1 N–H and O–H groups in total. The molecule has 0 aliphatic heterocycles. The summed E-state index contributed by atoms with van der Waals surface area (Å²) < 4.78 is 11.2. The minimum atomic E-state index is -0.879. The quantitative estimate of drug-likeness (QED) is 0.550. The van der Waals surface area contributed by atoms with Gasteiger partial charge in [-0.3, -0.25) is 4.79 Å². The molecule has 2 aromatic rings. The second-order valence-corrected chi connectivity index (χ2v) is 6.45. The zero-order valence-electron chi connectivity index (χ0n) is 14.6. The Kier molecular flexibility index (Phi) is 7.41. The Labute approximate surface area is 161 Å². The smallest absolute Gasteiger partial charge is 0.331 e. The van der Waals surface area contributed by atoms with Gasteiger partial charge in [0.2, 0.25) is 0 Å². The van der Waals surface area contributed by atoms with Crippen molar-refractivity contribution in [2.75, 3.05) is 7.11 Å². The monoisotopic (exact) mass is 417 g/mol. The van der Waals surface area contributed by atoms with E-state index in [0.717, 1.165) is 21.3 Å². The SMILES string of the molecule is COc1ccc(CNC(=O)[C@@H](C)OC(=O)/C=C/c2ccc(Br)cc2)cc1. The highest BCUT2D eigenvalue weighted by atomic mass is 79.9. The van der Waals surface area contributed by atoms with Crippen LogP contribution in [0.5, 0.6) is 5.75 Å². The van der Waals surface area contributed by atoms with Gasteiger partial charge < -0.3 is 14.8 Å². The molecule has 0 spiro atoms. The van der Waals surface area contributed by atoms with E-state index >= 15 is 0 Å². The molecular formula is C20H20BrNO4. The molecule has 26 heavy (non-hydrogen) atoms. The second-order valence-electron chi connectivity index (χ2n) is 5.53. The average Bonchev–Trinajstić information content (AvgIpc) is 2.66. The van der Waals surface area contributed by atoms with Crippen molar-refractivity contribution in [3.63, 3.8) is 0 Å². The fraction of sp³-hybridized carbons (Fsp3) is 0.200. The third-order valence-corrected chi connectivity index (χ3v) is 4.10. The first-order valence-corrected chi connectivity index (χ1v) is 8.82. The molecule has 0 heterocycles. The molecule has 0 fully saturated rings. The fourth-order valence-corrected chi connectivity index (χ4v) is 2.35. The highest BCUT2D eigenvalue weighted by molar-refractivity contribution is 9.10. The first-order chi connectivity index (χ1) is 12.5. The van der Waals surface area contributed by atoms with Gasteiger partial charge >= 0.3 is 5.97 Å². The predicted octanol–water partition coefficient (Wildman–Crippen LogP) is 3.72. The number of methoxy groups -OCH3 is 1. The van der Waals surface area contributed by atoms with E-state index in [2.05, 4.69) is 21.2 Å². The molecule has 0 aromatic heterocycles. The van der Waals surface area contributed by atoms with E-state index in [0.29, 0.717) is 6.54 Å². The molecule has 0 aliphatic carbocycles. The minimum absolute atomic E-state index is 0.347. The van der Waals surface area contributed by atoms with Crippen LogP contribution >= 0.6 is 15.9 Å². The number of hydrogen-bond acceptors (Lipinski definition) is 4. The van der Waals surface area contributed by atoms with Gasteiger partial charge in [-0.2, -0.15) is 0 Å². The number of halogens is 1. The van der Waals surface area contributed by atoms with Crippen molar-refractivity contribution >= 4 is 33.9 Å². The van der Waals surface area contributed by atoms with Crippen molar-refractivity contribution in [1.29, 1.82) is 0 Å². The number of carbonyl (C=O) groups excluding carboxylic acids is 2. The van der Waals surface area contributed by atoms with Crippen LogP contribution < -0.4 is 10.1 Å². The molecule has 2 rings (SSSR count). The summed E-state index contributed by atoms with van der Waals surface area (Å²) in [5.41, 5.74) is 1.79. The fourth-order valence-electron chi connectivity index (χ4n) is 2.08. The summed E-state index contributed by atoms with van der Waals surface area (Å²) in [4.78, 5) is 23.9. The van der Waals surface area contributed by atoms with Crippen molar-refractivity contribution in [2.24, 2.45) is 0 Å². The molecule has 136 valence electrons. The summed E-state index contributed by atoms with van der Waals surface area (Å²) in [5, 5.41) is 2.74. The van der Waals surface area contributed by atoms with Crippen molar-refractivity contribution in [2.45, 2.75) is 19.6 Å². The topological polar surface area (TPSA) is 64.6 Å². The molecule has 6 heteroatoms. The number of esters is 1. The maximum atomic E-state index is 12.0. The summed E-state index contributed by atoms with van der Waals surface area (Å²) in [6.07, 6.45) is 2.06.